The third-order valence-corrected chi connectivity index (χ3v) is 8.19. The number of alkyl carbamates (subject to hydrolysis) is 1. The molecule has 0 spiro atoms. The summed E-state index contributed by atoms with van der Waals surface area (Å²) in [5.41, 5.74) is 1.52. The van der Waals surface area contributed by atoms with Crippen molar-refractivity contribution in [1.29, 1.82) is 0 Å². The summed E-state index contributed by atoms with van der Waals surface area (Å²) in [5.74, 6) is -1.59. The minimum atomic E-state index is -1.09. The molecule has 0 aliphatic heterocycles. The van der Waals surface area contributed by atoms with Gasteiger partial charge < -0.3 is 30.0 Å². The van der Waals surface area contributed by atoms with Gasteiger partial charge in [-0.3, -0.25) is 4.79 Å². The highest BCUT2D eigenvalue weighted by Crippen LogP contribution is 2.22. The molecular formula is C37H54N2O7. The van der Waals surface area contributed by atoms with Crippen LogP contribution in [0.25, 0.3) is 0 Å². The summed E-state index contributed by atoms with van der Waals surface area (Å²) in [7, 11) is 0. The fourth-order valence-electron chi connectivity index (χ4n) is 5.74. The Morgan fingerprint density at radius 1 is 0.783 bits per heavy atom. The lowest BCUT2D eigenvalue weighted by atomic mass is 9.91. The second-order valence-electron chi connectivity index (χ2n) is 13.5. The number of benzene rings is 2. The van der Waals surface area contributed by atoms with Crippen molar-refractivity contribution in [2.75, 3.05) is 0 Å². The van der Waals surface area contributed by atoms with Gasteiger partial charge in [0.15, 0.2) is 6.04 Å². The molecule has 2 aliphatic carbocycles. The molecule has 2 fully saturated rings. The van der Waals surface area contributed by atoms with Crippen LogP contribution in [0.4, 0.5) is 4.79 Å². The van der Waals surface area contributed by atoms with E-state index in [0.717, 1.165) is 17.6 Å². The van der Waals surface area contributed by atoms with Gasteiger partial charge in [-0.15, -0.1) is 0 Å². The van der Waals surface area contributed by atoms with Gasteiger partial charge in [-0.1, -0.05) is 93.1 Å². The van der Waals surface area contributed by atoms with Gasteiger partial charge in [0.2, 0.25) is 0 Å². The maximum absolute atomic E-state index is 12.8. The molecule has 2 saturated carbocycles. The van der Waals surface area contributed by atoms with Gasteiger partial charge in [0.05, 0.1) is 19.1 Å². The number of nitrogens with one attached hydrogen (secondary N) is 2. The normalized spacial score (nSPS) is 17.1. The molecule has 2 aliphatic rings. The summed E-state index contributed by atoms with van der Waals surface area (Å²) < 4.78 is 16.5. The van der Waals surface area contributed by atoms with Crippen LogP contribution in [0.15, 0.2) is 54.6 Å². The Hall–Kier alpha value is -3.43. The topological polar surface area (TPSA) is 123 Å². The van der Waals surface area contributed by atoms with Gasteiger partial charge in [0.25, 0.3) is 0 Å². The van der Waals surface area contributed by atoms with E-state index >= 15 is 0 Å². The number of carboxylic acids is 1. The number of rotatable bonds is 12. The van der Waals surface area contributed by atoms with Gasteiger partial charge in [-0.05, 0) is 70.1 Å². The van der Waals surface area contributed by atoms with Crippen molar-refractivity contribution in [3.63, 3.8) is 0 Å². The molecule has 9 heteroatoms. The highest BCUT2D eigenvalue weighted by atomic mass is 16.6. The first-order chi connectivity index (χ1) is 22.0. The van der Waals surface area contributed by atoms with E-state index in [1.165, 1.54) is 64.2 Å². The lowest BCUT2D eigenvalue weighted by Gasteiger charge is -2.30. The molecule has 0 radical (unpaired) electrons. The second kappa shape index (κ2) is 19.3. The SMILES string of the molecule is C1CCC(NC2CCCCC2)CC1.C[C@@H](OCc1ccccc1)[C@H](NC(=O)OC(C)(C)C)C(=O)OCc1ccc(CC(=O)O)cc1. The molecule has 0 aromatic heterocycles. The third-order valence-electron chi connectivity index (χ3n) is 8.19. The number of hydrogen-bond donors (Lipinski definition) is 3. The first kappa shape index (κ1) is 37.0. The molecule has 0 bridgehead atoms. The smallest absolute Gasteiger partial charge is 0.408 e. The van der Waals surface area contributed by atoms with Crippen LogP contribution in [0, 0.1) is 0 Å². The summed E-state index contributed by atoms with van der Waals surface area (Å²) in [6.45, 7) is 7.07. The zero-order chi connectivity index (χ0) is 33.4. The summed E-state index contributed by atoms with van der Waals surface area (Å²) >= 11 is 0. The van der Waals surface area contributed by atoms with Gasteiger partial charge in [-0.25, -0.2) is 9.59 Å². The fraction of sp³-hybridized carbons (Fsp3) is 0.595. The van der Waals surface area contributed by atoms with Gasteiger partial charge in [0.1, 0.15) is 12.2 Å². The summed E-state index contributed by atoms with van der Waals surface area (Å²) in [6.07, 6.45) is 13.0. The van der Waals surface area contributed by atoms with Gasteiger partial charge in [0, 0.05) is 12.1 Å². The number of carbonyl (C=O) groups excluding carboxylic acids is 2. The third kappa shape index (κ3) is 14.8. The lowest BCUT2D eigenvalue weighted by molar-refractivity contribution is -0.152. The average Bonchev–Trinajstić information content (AvgIpc) is 3.03. The zero-order valence-corrected chi connectivity index (χ0v) is 28.1. The standard InChI is InChI=1S/C25H31NO7.C12H23N/c1-17(31-15-19-8-6-5-7-9-19)22(26-24(30)33-25(2,3)4)23(29)32-16-20-12-10-18(11-13-20)14-21(27)28;1-3-7-11(8-4-1)13-12-9-5-2-6-10-12/h5-13,17,22H,14-16H2,1-4H3,(H,26,30)(H,27,28);11-13H,1-10H2/t17-,22+;/m1./s1. The van der Waals surface area contributed by atoms with Crippen molar-refractivity contribution in [2.45, 2.75) is 141 Å². The van der Waals surface area contributed by atoms with Crippen molar-refractivity contribution in [3.05, 3.63) is 71.3 Å². The minimum Gasteiger partial charge on any atom is -0.481 e. The summed E-state index contributed by atoms with van der Waals surface area (Å²) in [5, 5.41) is 15.3. The molecule has 46 heavy (non-hydrogen) atoms. The summed E-state index contributed by atoms with van der Waals surface area (Å²) in [4.78, 5) is 35.9. The predicted molar refractivity (Wildman–Crippen MR) is 178 cm³/mol. The predicted octanol–water partition coefficient (Wildman–Crippen LogP) is 7.10. The Morgan fingerprint density at radius 2 is 1.30 bits per heavy atom. The van der Waals surface area contributed by atoms with E-state index in [4.69, 9.17) is 19.3 Å². The van der Waals surface area contributed by atoms with E-state index in [-0.39, 0.29) is 19.6 Å². The van der Waals surface area contributed by atoms with Crippen LogP contribution < -0.4 is 10.6 Å². The minimum absolute atomic E-state index is 0.0376. The van der Waals surface area contributed by atoms with Crippen molar-refractivity contribution in [1.82, 2.24) is 10.6 Å². The molecule has 4 rings (SSSR count). The lowest BCUT2D eigenvalue weighted by Crippen LogP contribution is -2.50. The van der Waals surface area contributed by atoms with Gasteiger partial charge >= 0.3 is 18.0 Å². The van der Waals surface area contributed by atoms with Crippen molar-refractivity contribution in [2.24, 2.45) is 0 Å². The van der Waals surface area contributed by atoms with E-state index in [1.54, 1.807) is 52.0 Å². The van der Waals surface area contributed by atoms with Crippen molar-refractivity contribution < 1.29 is 33.7 Å². The Labute approximate surface area is 274 Å². The number of carbonyl (C=O) groups is 3. The van der Waals surface area contributed by atoms with Crippen LogP contribution in [-0.2, 0) is 43.4 Å². The zero-order valence-electron chi connectivity index (χ0n) is 28.1. The molecule has 2 atom stereocenters. The Kier molecular flexibility index (Phi) is 15.5. The van der Waals surface area contributed by atoms with E-state index in [9.17, 15) is 14.4 Å². The maximum atomic E-state index is 12.8. The van der Waals surface area contributed by atoms with Crippen molar-refractivity contribution >= 4 is 18.0 Å². The number of esters is 1. The van der Waals surface area contributed by atoms with Crippen LogP contribution >= 0.6 is 0 Å². The maximum Gasteiger partial charge on any atom is 0.408 e. The fourth-order valence-corrected chi connectivity index (χ4v) is 5.74. The molecular weight excluding hydrogens is 584 g/mol. The molecule has 3 N–H and O–H groups in total. The van der Waals surface area contributed by atoms with Crippen LogP contribution in [0.2, 0.25) is 0 Å². The summed E-state index contributed by atoms with van der Waals surface area (Å²) in [6, 6.07) is 16.8. The first-order valence-corrected chi connectivity index (χ1v) is 16.9. The van der Waals surface area contributed by atoms with Crippen LogP contribution in [0.3, 0.4) is 0 Å². The number of aliphatic carboxylic acids is 1. The quantitative estimate of drug-likeness (QED) is 0.211. The first-order valence-electron chi connectivity index (χ1n) is 16.9. The highest BCUT2D eigenvalue weighted by Gasteiger charge is 2.31. The number of carboxylic acid groups (broad SMARTS) is 1. The highest BCUT2D eigenvalue weighted by molar-refractivity contribution is 5.82. The molecule has 0 saturated heterocycles. The molecule has 1 amide bonds. The van der Waals surface area contributed by atoms with Crippen LogP contribution in [0.5, 0.6) is 0 Å². The van der Waals surface area contributed by atoms with Crippen LogP contribution in [-0.4, -0.2) is 53.0 Å². The van der Waals surface area contributed by atoms with E-state index in [2.05, 4.69) is 10.6 Å². The van der Waals surface area contributed by atoms with E-state index < -0.39 is 35.8 Å². The largest absolute Gasteiger partial charge is 0.481 e. The van der Waals surface area contributed by atoms with E-state index in [0.29, 0.717) is 11.1 Å². The Bertz CT molecular complexity index is 1170. The van der Waals surface area contributed by atoms with Gasteiger partial charge in [-0.2, -0.15) is 0 Å². The van der Waals surface area contributed by atoms with Crippen molar-refractivity contribution in [3.8, 4) is 0 Å². The molecule has 2 aromatic carbocycles. The molecule has 2 aromatic rings. The Balaban J connectivity index is 0.000000365. The Morgan fingerprint density at radius 3 is 1.83 bits per heavy atom. The van der Waals surface area contributed by atoms with Crippen LogP contribution in [0.1, 0.15) is 109 Å². The number of amides is 1. The second-order valence-corrected chi connectivity index (χ2v) is 13.5. The van der Waals surface area contributed by atoms with E-state index in [1.807, 2.05) is 30.3 Å². The average molecular weight is 639 g/mol. The number of hydrogen-bond acceptors (Lipinski definition) is 7. The monoisotopic (exact) mass is 638 g/mol. The molecule has 9 nitrogen and oxygen atoms in total. The molecule has 0 unspecified atom stereocenters. The number of ether oxygens (including phenoxy) is 3. The molecule has 254 valence electrons. The molecule has 0 heterocycles.